The van der Waals surface area contributed by atoms with Crippen molar-refractivity contribution in [1.82, 2.24) is 36.4 Å². The summed E-state index contributed by atoms with van der Waals surface area (Å²) in [5.41, 5.74) is 6.39. The van der Waals surface area contributed by atoms with Crippen molar-refractivity contribution in [3.05, 3.63) is 72.1 Å². The maximum atomic E-state index is 12.7. The van der Waals surface area contributed by atoms with E-state index in [2.05, 4.69) is 31.7 Å². The summed E-state index contributed by atoms with van der Waals surface area (Å²) in [4.78, 5) is 37.4. The van der Waals surface area contributed by atoms with E-state index in [4.69, 9.17) is 0 Å². The van der Waals surface area contributed by atoms with E-state index in [1.54, 1.807) is 48.5 Å². The van der Waals surface area contributed by atoms with Crippen molar-refractivity contribution in [1.29, 1.82) is 0 Å². The van der Waals surface area contributed by atoms with Crippen LogP contribution in [0, 0.1) is 5.92 Å². The average Bonchev–Trinajstić information content (AvgIpc) is 3.31. The molecule has 1 atom stereocenters. The minimum Gasteiger partial charge on any atom is -0.340 e. The van der Waals surface area contributed by atoms with Crippen LogP contribution in [0.2, 0.25) is 0 Å². The van der Waals surface area contributed by atoms with Gasteiger partial charge >= 0.3 is 0 Å². The highest BCUT2D eigenvalue weighted by Gasteiger charge is 2.23. The van der Waals surface area contributed by atoms with Crippen LogP contribution in [0.3, 0.4) is 0 Å². The molecule has 10 heteroatoms. The van der Waals surface area contributed by atoms with E-state index in [-0.39, 0.29) is 18.2 Å². The number of aromatic nitrogens is 4. The smallest absolute Gasteiger partial charge is 0.269 e. The molecule has 0 saturated heterocycles. The molecule has 0 aliphatic rings. The Bertz CT molecular complexity index is 1020. The lowest BCUT2D eigenvalue weighted by molar-refractivity contribution is -0.130. The molecule has 0 aliphatic heterocycles. The van der Waals surface area contributed by atoms with Crippen LogP contribution in [0.25, 0.3) is 5.69 Å². The Morgan fingerprint density at radius 3 is 2.29 bits per heavy atom. The Hall–Kier alpha value is -4.08. The second kappa shape index (κ2) is 10.1. The Morgan fingerprint density at radius 2 is 1.68 bits per heavy atom. The largest absolute Gasteiger partial charge is 0.340 e. The number of hydrogen-bond donors (Lipinski definition) is 3. The Balaban J connectivity index is 1.64. The number of carbonyl (C=O) groups excluding carboxylic acids is 3. The van der Waals surface area contributed by atoms with E-state index in [0.717, 1.165) is 0 Å². The number of carbonyl (C=O) groups is 3. The van der Waals surface area contributed by atoms with Crippen molar-refractivity contribution in [2.24, 2.45) is 5.92 Å². The molecule has 31 heavy (non-hydrogen) atoms. The van der Waals surface area contributed by atoms with Gasteiger partial charge in [-0.2, -0.15) is 0 Å². The molecular weight excluding hydrogens is 398 g/mol. The first-order valence-electron chi connectivity index (χ1n) is 9.72. The fourth-order valence-corrected chi connectivity index (χ4v) is 2.84. The van der Waals surface area contributed by atoms with E-state index in [1.165, 1.54) is 11.0 Å². The van der Waals surface area contributed by atoms with Crippen molar-refractivity contribution in [2.45, 2.75) is 26.3 Å². The molecule has 1 unspecified atom stereocenters. The molecule has 0 fully saturated rings. The highest BCUT2D eigenvalue weighted by molar-refractivity contribution is 5.96. The SMILES string of the molecule is CC(C)CC(=O)NC(C(=O)NNC(=O)c1ccc(-n2cnnn2)cc1)c1ccccc1. The standard InChI is InChI=1S/C21H23N7O3/c1-14(2)12-18(29)23-19(15-6-4-3-5-7-15)21(31)25-24-20(30)16-8-10-17(11-9-16)28-13-22-26-27-28/h3-11,13-14,19H,12H2,1-2H3,(H,23,29)(H,24,30)(H,25,31). The van der Waals surface area contributed by atoms with Gasteiger partial charge in [-0.15, -0.1) is 5.10 Å². The number of amides is 3. The third-order valence-corrected chi connectivity index (χ3v) is 4.34. The second-order valence-corrected chi connectivity index (χ2v) is 7.25. The van der Waals surface area contributed by atoms with Gasteiger partial charge in [-0.05, 0) is 46.2 Å². The highest BCUT2D eigenvalue weighted by atomic mass is 16.2. The van der Waals surface area contributed by atoms with Gasteiger partial charge in [0.25, 0.3) is 11.8 Å². The van der Waals surface area contributed by atoms with Gasteiger partial charge in [0.05, 0.1) is 5.69 Å². The molecule has 10 nitrogen and oxygen atoms in total. The second-order valence-electron chi connectivity index (χ2n) is 7.25. The molecule has 0 aliphatic carbocycles. The lowest BCUT2D eigenvalue weighted by Crippen LogP contribution is -2.48. The van der Waals surface area contributed by atoms with Crippen LogP contribution in [-0.4, -0.2) is 37.9 Å². The van der Waals surface area contributed by atoms with Crippen LogP contribution in [-0.2, 0) is 9.59 Å². The minimum absolute atomic E-state index is 0.149. The number of benzene rings is 2. The van der Waals surface area contributed by atoms with Crippen molar-refractivity contribution in [3.63, 3.8) is 0 Å². The van der Waals surface area contributed by atoms with Crippen molar-refractivity contribution in [3.8, 4) is 5.69 Å². The molecule has 3 aromatic rings. The number of rotatable bonds is 7. The predicted molar refractivity (Wildman–Crippen MR) is 112 cm³/mol. The monoisotopic (exact) mass is 421 g/mol. The lowest BCUT2D eigenvalue weighted by Gasteiger charge is -2.19. The molecule has 3 amide bonds. The summed E-state index contributed by atoms with van der Waals surface area (Å²) >= 11 is 0. The third kappa shape index (κ3) is 5.95. The summed E-state index contributed by atoms with van der Waals surface area (Å²) in [5.74, 6) is -1.15. The molecule has 1 heterocycles. The van der Waals surface area contributed by atoms with Crippen molar-refractivity contribution < 1.29 is 14.4 Å². The summed E-state index contributed by atoms with van der Waals surface area (Å²) in [6.45, 7) is 3.84. The lowest BCUT2D eigenvalue weighted by atomic mass is 10.0. The van der Waals surface area contributed by atoms with Crippen molar-refractivity contribution in [2.75, 3.05) is 0 Å². The zero-order valence-corrected chi connectivity index (χ0v) is 17.1. The van der Waals surface area contributed by atoms with E-state index in [9.17, 15) is 14.4 Å². The number of tetrazole rings is 1. The number of nitrogens with zero attached hydrogens (tertiary/aromatic N) is 4. The molecule has 3 N–H and O–H groups in total. The average molecular weight is 421 g/mol. The molecule has 0 saturated carbocycles. The highest BCUT2D eigenvalue weighted by Crippen LogP contribution is 2.14. The molecule has 1 aromatic heterocycles. The molecule has 0 bridgehead atoms. The molecule has 3 rings (SSSR count). The number of nitrogens with one attached hydrogen (secondary N) is 3. The predicted octanol–water partition coefficient (Wildman–Crippen LogP) is 1.33. The van der Waals surface area contributed by atoms with Crippen LogP contribution < -0.4 is 16.2 Å². The van der Waals surface area contributed by atoms with Gasteiger partial charge in [-0.3, -0.25) is 25.2 Å². The first-order valence-corrected chi connectivity index (χ1v) is 9.72. The summed E-state index contributed by atoms with van der Waals surface area (Å²) in [6, 6.07) is 14.4. The van der Waals surface area contributed by atoms with Crippen LogP contribution in [0.4, 0.5) is 0 Å². The first-order chi connectivity index (χ1) is 14.9. The van der Waals surface area contributed by atoms with Crippen molar-refractivity contribution >= 4 is 17.7 Å². The molecule has 2 aromatic carbocycles. The van der Waals surface area contributed by atoms with Crippen LogP contribution in [0.15, 0.2) is 60.9 Å². The van der Waals surface area contributed by atoms with E-state index < -0.39 is 17.9 Å². The fraction of sp³-hybridized carbons (Fsp3) is 0.238. The number of hydrogen-bond acceptors (Lipinski definition) is 6. The van der Waals surface area contributed by atoms with Crippen LogP contribution in [0.1, 0.15) is 42.2 Å². The minimum atomic E-state index is -0.935. The van der Waals surface area contributed by atoms with Gasteiger partial charge in [0, 0.05) is 12.0 Å². The van der Waals surface area contributed by atoms with E-state index >= 15 is 0 Å². The first kappa shape index (κ1) is 21.6. The fourth-order valence-electron chi connectivity index (χ4n) is 2.84. The van der Waals surface area contributed by atoms with Crippen LogP contribution in [0.5, 0.6) is 0 Å². The zero-order chi connectivity index (χ0) is 22.2. The van der Waals surface area contributed by atoms with Crippen LogP contribution >= 0.6 is 0 Å². The molecule has 160 valence electrons. The Labute approximate surface area is 179 Å². The summed E-state index contributed by atoms with van der Waals surface area (Å²) < 4.78 is 1.45. The quantitative estimate of drug-likeness (QED) is 0.493. The molecule has 0 spiro atoms. The van der Waals surface area contributed by atoms with Gasteiger partial charge < -0.3 is 5.32 Å². The summed E-state index contributed by atoms with van der Waals surface area (Å²) in [6.07, 6.45) is 1.73. The zero-order valence-electron chi connectivity index (χ0n) is 17.1. The van der Waals surface area contributed by atoms with E-state index in [0.29, 0.717) is 16.8 Å². The van der Waals surface area contributed by atoms with Gasteiger partial charge in [0.2, 0.25) is 5.91 Å². The summed E-state index contributed by atoms with van der Waals surface area (Å²) in [5, 5.41) is 13.6. The van der Waals surface area contributed by atoms with Gasteiger partial charge in [0.15, 0.2) is 0 Å². The van der Waals surface area contributed by atoms with Gasteiger partial charge in [-0.1, -0.05) is 44.2 Å². The maximum Gasteiger partial charge on any atom is 0.269 e. The Morgan fingerprint density at radius 1 is 0.968 bits per heavy atom. The Kier molecular flexibility index (Phi) is 7.05. The summed E-state index contributed by atoms with van der Waals surface area (Å²) in [7, 11) is 0. The third-order valence-electron chi connectivity index (χ3n) is 4.34. The van der Waals surface area contributed by atoms with Gasteiger partial charge in [0.1, 0.15) is 12.4 Å². The molecule has 0 radical (unpaired) electrons. The topological polar surface area (TPSA) is 131 Å². The number of hydrazine groups is 1. The molecular formula is C21H23N7O3. The van der Waals surface area contributed by atoms with Gasteiger partial charge in [-0.25, -0.2) is 4.68 Å². The van der Waals surface area contributed by atoms with E-state index in [1.807, 2.05) is 19.9 Å². The normalized spacial score (nSPS) is 11.6. The maximum absolute atomic E-state index is 12.7.